The molecule has 0 radical (unpaired) electrons. The number of aromatic hydroxyl groups is 1. The van der Waals surface area contributed by atoms with Gasteiger partial charge in [0.25, 0.3) is 5.56 Å². The van der Waals surface area contributed by atoms with Gasteiger partial charge in [-0.2, -0.15) is 5.26 Å². The van der Waals surface area contributed by atoms with Crippen molar-refractivity contribution in [1.29, 1.82) is 5.26 Å². The van der Waals surface area contributed by atoms with Gasteiger partial charge in [0.2, 0.25) is 5.88 Å². The number of aliphatic imine (C=N–C) groups is 1. The van der Waals surface area contributed by atoms with Gasteiger partial charge in [0.15, 0.2) is 0 Å². The summed E-state index contributed by atoms with van der Waals surface area (Å²) in [6, 6.07) is 5.73. The van der Waals surface area contributed by atoms with E-state index >= 15 is 0 Å². The van der Waals surface area contributed by atoms with Gasteiger partial charge in [0.1, 0.15) is 11.6 Å². The minimum atomic E-state index is -0.768. The molecule has 25 heavy (non-hydrogen) atoms. The molecule has 2 aromatic rings. The quantitative estimate of drug-likeness (QED) is 0.781. The third kappa shape index (κ3) is 3.65. The van der Waals surface area contributed by atoms with E-state index in [1.165, 1.54) is 14.0 Å². The molecule has 1 heterocycles. The number of aromatic nitrogens is 1. The molecule has 1 aromatic heterocycles. The van der Waals surface area contributed by atoms with Crippen molar-refractivity contribution >= 4 is 41.1 Å². The smallest absolute Gasteiger partial charge is 0.345 e. The molecule has 2 amide bonds. The van der Waals surface area contributed by atoms with Crippen molar-refractivity contribution in [2.45, 2.75) is 6.92 Å². The molecule has 0 aliphatic heterocycles. The Kier molecular flexibility index (Phi) is 5.47. The average molecular weight is 379 g/mol. The molecule has 0 aliphatic carbocycles. The van der Waals surface area contributed by atoms with Crippen LogP contribution in [0.4, 0.5) is 10.5 Å². The number of hydrogen-bond acceptors (Lipinski definition) is 4. The zero-order valence-corrected chi connectivity index (χ0v) is 14.7. The van der Waals surface area contributed by atoms with E-state index in [1.54, 1.807) is 24.3 Å². The molecule has 0 spiro atoms. The molecule has 0 unspecified atom stereocenters. The summed E-state index contributed by atoms with van der Waals surface area (Å²) >= 11 is 11.8. The number of benzene rings is 1. The van der Waals surface area contributed by atoms with Crippen molar-refractivity contribution in [3.8, 4) is 11.9 Å². The fraction of sp³-hybridized carbons (Fsp3) is 0.125. The third-order valence-electron chi connectivity index (χ3n) is 3.47. The molecule has 1 aromatic carbocycles. The number of amides is 2. The molecule has 128 valence electrons. The Morgan fingerprint density at radius 1 is 1.44 bits per heavy atom. The molecular formula is C16H12Cl2N4O3. The molecule has 0 saturated heterocycles. The van der Waals surface area contributed by atoms with Crippen LogP contribution in [-0.2, 0) is 7.05 Å². The second-order valence-electron chi connectivity index (χ2n) is 5.00. The number of urea groups is 1. The highest BCUT2D eigenvalue weighted by Crippen LogP contribution is 2.29. The van der Waals surface area contributed by atoms with Gasteiger partial charge >= 0.3 is 6.03 Å². The molecule has 7 nitrogen and oxygen atoms in total. The van der Waals surface area contributed by atoms with Gasteiger partial charge in [-0.3, -0.25) is 9.36 Å². The van der Waals surface area contributed by atoms with E-state index in [-0.39, 0.29) is 32.4 Å². The Hall–Kier alpha value is -2.82. The van der Waals surface area contributed by atoms with Crippen molar-refractivity contribution in [2.24, 2.45) is 12.0 Å². The minimum Gasteiger partial charge on any atom is -0.494 e. The van der Waals surface area contributed by atoms with Gasteiger partial charge in [-0.15, -0.1) is 0 Å². The fourth-order valence-electron chi connectivity index (χ4n) is 2.06. The van der Waals surface area contributed by atoms with Gasteiger partial charge in [-0.05, 0) is 24.6 Å². The lowest BCUT2D eigenvalue weighted by molar-refractivity contribution is 0.259. The van der Waals surface area contributed by atoms with Crippen molar-refractivity contribution in [2.75, 3.05) is 5.32 Å². The summed E-state index contributed by atoms with van der Waals surface area (Å²) < 4.78 is 0.901. The lowest BCUT2D eigenvalue weighted by Crippen LogP contribution is -2.22. The van der Waals surface area contributed by atoms with Gasteiger partial charge in [0.05, 0.1) is 21.3 Å². The topological polar surface area (TPSA) is 107 Å². The van der Waals surface area contributed by atoms with Crippen LogP contribution in [-0.4, -0.2) is 21.9 Å². The Morgan fingerprint density at radius 2 is 2.12 bits per heavy atom. The van der Waals surface area contributed by atoms with Crippen LogP contribution in [0.1, 0.15) is 16.7 Å². The number of rotatable bonds is 2. The number of pyridine rings is 1. The highest BCUT2D eigenvalue weighted by molar-refractivity contribution is 6.44. The number of nitrogens with zero attached hydrogens (tertiary/aromatic N) is 3. The molecule has 9 heteroatoms. The van der Waals surface area contributed by atoms with Crippen LogP contribution in [0.25, 0.3) is 0 Å². The van der Waals surface area contributed by atoms with E-state index in [4.69, 9.17) is 28.5 Å². The summed E-state index contributed by atoms with van der Waals surface area (Å²) in [5, 5.41) is 22.0. The Labute approximate surface area is 152 Å². The molecule has 0 atom stereocenters. The monoisotopic (exact) mass is 378 g/mol. The average Bonchev–Trinajstić information content (AvgIpc) is 2.57. The first kappa shape index (κ1) is 18.5. The van der Waals surface area contributed by atoms with Crippen LogP contribution < -0.4 is 10.9 Å². The van der Waals surface area contributed by atoms with Crippen LogP contribution in [0.5, 0.6) is 5.88 Å². The van der Waals surface area contributed by atoms with E-state index in [9.17, 15) is 14.7 Å². The van der Waals surface area contributed by atoms with Crippen molar-refractivity contribution in [3.63, 3.8) is 0 Å². The second kappa shape index (κ2) is 7.38. The maximum absolute atomic E-state index is 12.0. The third-order valence-corrected chi connectivity index (χ3v) is 4.29. The fourth-order valence-corrected chi connectivity index (χ4v) is 2.41. The Balaban J connectivity index is 2.35. The molecule has 0 fully saturated rings. The van der Waals surface area contributed by atoms with Gasteiger partial charge < -0.3 is 10.4 Å². The number of nitriles is 1. The summed E-state index contributed by atoms with van der Waals surface area (Å²) in [6.45, 7) is 1.48. The highest BCUT2D eigenvalue weighted by atomic mass is 35.5. The zero-order valence-electron chi connectivity index (χ0n) is 13.2. The van der Waals surface area contributed by atoms with E-state index in [2.05, 4.69) is 10.3 Å². The molecule has 2 rings (SSSR count). The van der Waals surface area contributed by atoms with E-state index in [0.717, 1.165) is 10.8 Å². The van der Waals surface area contributed by atoms with E-state index in [1.807, 2.05) is 0 Å². The normalized spacial score (nSPS) is 10.7. The number of anilines is 1. The molecule has 0 bridgehead atoms. The van der Waals surface area contributed by atoms with Crippen LogP contribution >= 0.6 is 23.2 Å². The van der Waals surface area contributed by atoms with Crippen LogP contribution in [0.3, 0.4) is 0 Å². The lowest BCUT2D eigenvalue weighted by Gasteiger charge is -2.10. The number of halogens is 2. The number of nitrogens with one attached hydrogen (secondary N) is 1. The molecule has 2 N–H and O–H groups in total. The number of hydrogen-bond donors (Lipinski definition) is 2. The van der Waals surface area contributed by atoms with Crippen LogP contribution in [0.15, 0.2) is 28.0 Å². The molecular weight excluding hydrogens is 367 g/mol. The lowest BCUT2D eigenvalue weighted by atomic mass is 10.1. The maximum atomic E-state index is 12.0. The zero-order chi connectivity index (χ0) is 18.7. The summed E-state index contributed by atoms with van der Waals surface area (Å²) in [5.74, 6) is -0.404. The summed E-state index contributed by atoms with van der Waals surface area (Å²) in [7, 11) is 1.31. The predicted molar refractivity (Wildman–Crippen MR) is 95.9 cm³/mol. The SMILES string of the molecule is Cc1c(/C=N\C(=O)Nc2cccc(Cl)c2Cl)c(O)n(C)c(=O)c1C#N. The Morgan fingerprint density at radius 3 is 2.76 bits per heavy atom. The Bertz CT molecular complexity index is 990. The van der Waals surface area contributed by atoms with Gasteiger partial charge in [-0.1, -0.05) is 29.3 Å². The van der Waals surface area contributed by atoms with Gasteiger partial charge in [-0.25, -0.2) is 9.79 Å². The number of carbonyl (C=O) groups is 1. The first-order chi connectivity index (χ1) is 11.8. The van der Waals surface area contributed by atoms with Crippen molar-refractivity contribution in [3.05, 3.63) is 55.3 Å². The first-order valence-electron chi connectivity index (χ1n) is 6.89. The van der Waals surface area contributed by atoms with E-state index < -0.39 is 17.5 Å². The van der Waals surface area contributed by atoms with E-state index in [0.29, 0.717) is 0 Å². The largest absolute Gasteiger partial charge is 0.494 e. The second-order valence-corrected chi connectivity index (χ2v) is 5.79. The van der Waals surface area contributed by atoms with Crippen LogP contribution in [0, 0.1) is 18.3 Å². The van der Waals surface area contributed by atoms with Crippen molar-refractivity contribution in [1.82, 2.24) is 4.57 Å². The van der Waals surface area contributed by atoms with Gasteiger partial charge in [0, 0.05) is 13.3 Å². The van der Waals surface area contributed by atoms with Crippen LogP contribution in [0.2, 0.25) is 10.0 Å². The maximum Gasteiger partial charge on any atom is 0.345 e. The van der Waals surface area contributed by atoms with Crippen molar-refractivity contribution < 1.29 is 9.90 Å². The summed E-state index contributed by atoms with van der Waals surface area (Å²) in [4.78, 5) is 27.5. The molecule has 0 aliphatic rings. The first-order valence-corrected chi connectivity index (χ1v) is 7.65. The highest BCUT2D eigenvalue weighted by Gasteiger charge is 2.16. The molecule has 0 saturated carbocycles. The standard InChI is InChI=1S/C16H12Cl2N4O3/c1-8-9(6-19)14(23)22(2)15(24)10(8)7-20-16(25)21-12-5-3-4-11(17)13(12)18/h3-5,7,24H,1-2H3,(H,21,25)/b20-7-. The summed E-state index contributed by atoms with van der Waals surface area (Å²) in [5.41, 5.74) is -0.188. The predicted octanol–water partition coefficient (Wildman–Crippen LogP) is 3.23. The summed E-state index contributed by atoms with van der Waals surface area (Å²) in [6.07, 6.45) is 1.07. The minimum absolute atomic E-state index is 0.0889. The number of carbonyl (C=O) groups excluding carboxylic acids is 1.